The van der Waals surface area contributed by atoms with Crippen LogP contribution in [0, 0.1) is 0 Å². The second-order valence-corrected chi connectivity index (χ2v) is 4.45. The van der Waals surface area contributed by atoms with Gasteiger partial charge in [0, 0.05) is 11.1 Å². The smallest absolute Gasteiger partial charge is 0.326 e. The monoisotopic (exact) mass is 278 g/mol. The summed E-state index contributed by atoms with van der Waals surface area (Å²) in [5, 5.41) is 11.5. The molecule has 0 aliphatic carbocycles. The van der Waals surface area contributed by atoms with Crippen molar-refractivity contribution in [2.45, 2.75) is 32.2 Å². The summed E-state index contributed by atoms with van der Waals surface area (Å²) in [6.07, 6.45) is 1.96. The van der Waals surface area contributed by atoms with Crippen molar-refractivity contribution in [3.63, 3.8) is 0 Å². The minimum atomic E-state index is -1.06. The summed E-state index contributed by atoms with van der Waals surface area (Å²) in [5.41, 5.74) is 5.68. The summed E-state index contributed by atoms with van der Waals surface area (Å²) in [7, 11) is 0. The third kappa shape index (κ3) is 4.38. The van der Waals surface area contributed by atoms with Gasteiger partial charge in [-0.3, -0.25) is 9.59 Å². The van der Waals surface area contributed by atoms with Crippen LogP contribution in [-0.4, -0.2) is 28.9 Å². The standard InChI is InChI=1S/C14H18N2O4/c1-2-3-4-11(14(19)20)16-13(18)10-7-5-9(6-8-10)12(15)17/h5-8,11H,2-4H2,1H3,(H2,15,17)(H,16,18)(H,19,20)/t11-/m0/s1. The quantitative estimate of drug-likeness (QED) is 0.695. The van der Waals surface area contributed by atoms with E-state index in [1.54, 1.807) is 0 Å². The molecule has 6 heteroatoms. The van der Waals surface area contributed by atoms with Gasteiger partial charge in [-0.25, -0.2) is 4.79 Å². The summed E-state index contributed by atoms with van der Waals surface area (Å²) in [5.74, 6) is -2.12. The lowest BCUT2D eigenvalue weighted by molar-refractivity contribution is -0.139. The van der Waals surface area contributed by atoms with E-state index in [2.05, 4.69) is 5.32 Å². The number of amides is 2. The van der Waals surface area contributed by atoms with E-state index in [1.165, 1.54) is 24.3 Å². The number of aliphatic carboxylic acids is 1. The van der Waals surface area contributed by atoms with Crippen LogP contribution in [0.4, 0.5) is 0 Å². The van der Waals surface area contributed by atoms with Gasteiger partial charge in [0.05, 0.1) is 0 Å². The van der Waals surface area contributed by atoms with Gasteiger partial charge in [-0.15, -0.1) is 0 Å². The van der Waals surface area contributed by atoms with Gasteiger partial charge in [0.15, 0.2) is 0 Å². The molecule has 4 N–H and O–H groups in total. The number of unbranched alkanes of at least 4 members (excludes halogenated alkanes) is 1. The van der Waals surface area contributed by atoms with Gasteiger partial charge in [-0.05, 0) is 30.7 Å². The first-order valence-corrected chi connectivity index (χ1v) is 6.39. The van der Waals surface area contributed by atoms with Gasteiger partial charge in [0.1, 0.15) is 6.04 Å². The van der Waals surface area contributed by atoms with Crippen molar-refractivity contribution in [2.75, 3.05) is 0 Å². The fourth-order valence-corrected chi connectivity index (χ4v) is 1.69. The summed E-state index contributed by atoms with van der Waals surface area (Å²) in [4.78, 5) is 33.9. The maximum atomic E-state index is 11.9. The molecular formula is C14H18N2O4. The highest BCUT2D eigenvalue weighted by atomic mass is 16.4. The summed E-state index contributed by atoms with van der Waals surface area (Å²) in [6, 6.07) is 4.83. The van der Waals surface area contributed by atoms with Crippen LogP contribution in [-0.2, 0) is 4.79 Å². The van der Waals surface area contributed by atoms with Crippen molar-refractivity contribution in [3.8, 4) is 0 Å². The predicted octanol–water partition coefficient (Wildman–Crippen LogP) is 1.16. The van der Waals surface area contributed by atoms with Gasteiger partial charge in [0.25, 0.3) is 5.91 Å². The topological polar surface area (TPSA) is 109 Å². The lowest BCUT2D eigenvalue weighted by Crippen LogP contribution is -2.40. The summed E-state index contributed by atoms with van der Waals surface area (Å²) >= 11 is 0. The van der Waals surface area contributed by atoms with E-state index in [-0.39, 0.29) is 5.56 Å². The maximum Gasteiger partial charge on any atom is 0.326 e. The van der Waals surface area contributed by atoms with Crippen molar-refractivity contribution in [3.05, 3.63) is 35.4 Å². The van der Waals surface area contributed by atoms with E-state index in [9.17, 15) is 14.4 Å². The molecule has 0 aliphatic heterocycles. The van der Waals surface area contributed by atoms with Crippen LogP contribution in [0.5, 0.6) is 0 Å². The molecular weight excluding hydrogens is 260 g/mol. The molecule has 0 spiro atoms. The normalized spacial score (nSPS) is 11.7. The van der Waals surface area contributed by atoms with Crippen LogP contribution in [0.1, 0.15) is 46.9 Å². The number of carboxylic acids is 1. The van der Waals surface area contributed by atoms with Crippen molar-refractivity contribution in [1.29, 1.82) is 0 Å². The van der Waals surface area contributed by atoms with E-state index >= 15 is 0 Å². The van der Waals surface area contributed by atoms with Gasteiger partial charge in [0.2, 0.25) is 5.91 Å². The first kappa shape index (κ1) is 15.7. The summed E-state index contributed by atoms with van der Waals surface area (Å²) in [6.45, 7) is 1.95. The molecule has 0 saturated heterocycles. The zero-order chi connectivity index (χ0) is 15.1. The molecule has 0 bridgehead atoms. The van der Waals surface area contributed by atoms with E-state index in [4.69, 9.17) is 10.8 Å². The van der Waals surface area contributed by atoms with E-state index in [0.717, 1.165) is 12.8 Å². The zero-order valence-electron chi connectivity index (χ0n) is 11.3. The minimum Gasteiger partial charge on any atom is -0.480 e. The maximum absolute atomic E-state index is 11.9. The van der Waals surface area contributed by atoms with Gasteiger partial charge in [-0.1, -0.05) is 19.8 Å². The van der Waals surface area contributed by atoms with Crippen LogP contribution in [0.25, 0.3) is 0 Å². The number of hydrogen-bond acceptors (Lipinski definition) is 3. The average Bonchev–Trinajstić information content (AvgIpc) is 2.42. The van der Waals surface area contributed by atoms with Crippen molar-refractivity contribution < 1.29 is 19.5 Å². The average molecular weight is 278 g/mol. The van der Waals surface area contributed by atoms with E-state index in [1.807, 2.05) is 6.92 Å². The Bertz CT molecular complexity index is 496. The molecule has 0 unspecified atom stereocenters. The molecule has 1 atom stereocenters. The second kappa shape index (κ2) is 7.28. The van der Waals surface area contributed by atoms with Gasteiger partial charge < -0.3 is 16.2 Å². The van der Waals surface area contributed by atoms with E-state index < -0.39 is 23.8 Å². The fraction of sp³-hybridized carbons (Fsp3) is 0.357. The van der Waals surface area contributed by atoms with Crippen molar-refractivity contribution in [2.24, 2.45) is 5.73 Å². The molecule has 108 valence electrons. The Balaban J connectivity index is 2.73. The Labute approximate surface area is 117 Å². The van der Waals surface area contributed by atoms with Gasteiger partial charge in [-0.2, -0.15) is 0 Å². The second-order valence-electron chi connectivity index (χ2n) is 4.45. The number of carboxylic acid groups (broad SMARTS) is 1. The van der Waals surface area contributed by atoms with Crippen LogP contribution in [0.15, 0.2) is 24.3 Å². The SMILES string of the molecule is CCCC[C@H](NC(=O)c1ccc(C(N)=O)cc1)C(=O)O. The molecule has 0 fully saturated rings. The molecule has 20 heavy (non-hydrogen) atoms. The first-order chi connectivity index (χ1) is 9.45. The number of nitrogens with two attached hydrogens (primary N) is 1. The number of hydrogen-bond donors (Lipinski definition) is 3. The number of rotatable bonds is 7. The Morgan fingerprint density at radius 3 is 2.20 bits per heavy atom. The lowest BCUT2D eigenvalue weighted by Gasteiger charge is -2.14. The van der Waals surface area contributed by atoms with E-state index in [0.29, 0.717) is 12.0 Å². The largest absolute Gasteiger partial charge is 0.480 e. The number of benzene rings is 1. The highest BCUT2D eigenvalue weighted by Crippen LogP contribution is 2.06. The fourth-order valence-electron chi connectivity index (χ4n) is 1.69. The number of primary amides is 1. The molecule has 2 amide bonds. The number of nitrogens with one attached hydrogen (secondary N) is 1. The van der Waals surface area contributed by atoms with Crippen molar-refractivity contribution in [1.82, 2.24) is 5.32 Å². The molecule has 0 saturated carbocycles. The summed E-state index contributed by atoms with van der Waals surface area (Å²) < 4.78 is 0. The van der Waals surface area contributed by atoms with Crippen LogP contribution >= 0.6 is 0 Å². The highest BCUT2D eigenvalue weighted by molar-refractivity contribution is 5.98. The van der Waals surface area contributed by atoms with Gasteiger partial charge >= 0.3 is 5.97 Å². The first-order valence-electron chi connectivity index (χ1n) is 6.39. The molecule has 0 aliphatic rings. The van der Waals surface area contributed by atoms with Crippen molar-refractivity contribution >= 4 is 17.8 Å². The van der Waals surface area contributed by atoms with Crippen LogP contribution in [0.3, 0.4) is 0 Å². The Hall–Kier alpha value is -2.37. The number of carbonyl (C=O) groups excluding carboxylic acids is 2. The van der Waals surface area contributed by atoms with Crippen LogP contribution in [0.2, 0.25) is 0 Å². The Morgan fingerprint density at radius 2 is 1.75 bits per heavy atom. The Morgan fingerprint density at radius 1 is 1.20 bits per heavy atom. The highest BCUT2D eigenvalue weighted by Gasteiger charge is 2.19. The molecule has 0 heterocycles. The third-order valence-electron chi connectivity index (χ3n) is 2.88. The molecule has 6 nitrogen and oxygen atoms in total. The third-order valence-corrected chi connectivity index (χ3v) is 2.88. The lowest BCUT2D eigenvalue weighted by atomic mass is 10.1. The molecule has 0 aromatic heterocycles. The number of carbonyl (C=O) groups is 3. The minimum absolute atomic E-state index is 0.290. The molecule has 1 aromatic rings. The molecule has 1 rings (SSSR count). The predicted molar refractivity (Wildman–Crippen MR) is 73.4 cm³/mol. The Kier molecular flexibility index (Phi) is 5.71. The molecule has 1 aromatic carbocycles. The molecule has 0 radical (unpaired) electrons. The van der Waals surface area contributed by atoms with Crippen LogP contribution < -0.4 is 11.1 Å². The zero-order valence-corrected chi connectivity index (χ0v) is 11.3.